The molecule has 0 aliphatic heterocycles. The number of carbonyl (C=O) groups is 1. The van der Waals surface area contributed by atoms with Crippen molar-refractivity contribution in [3.63, 3.8) is 0 Å². The molecule has 1 saturated carbocycles. The van der Waals surface area contributed by atoms with E-state index in [0.717, 1.165) is 6.42 Å². The lowest BCUT2D eigenvalue weighted by atomic mass is 9.96. The number of hydrogen-bond donors (Lipinski definition) is 2. The van der Waals surface area contributed by atoms with Gasteiger partial charge >= 0.3 is 5.97 Å². The maximum Gasteiger partial charge on any atom is 0.324 e. The molecule has 2 N–H and O–H groups in total. The Bertz CT molecular complexity index is 324. The van der Waals surface area contributed by atoms with E-state index in [4.69, 9.17) is 9.47 Å². The fraction of sp³-hybridized carbons (Fsp3) is 0.933. The van der Waals surface area contributed by atoms with Gasteiger partial charge in [-0.25, -0.2) is 0 Å². The van der Waals surface area contributed by atoms with Crippen molar-refractivity contribution in [1.82, 2.24) is 5.32 Å². The third kappa shape index (κ3) is 5.38. The van der Waals surface area contributed by atoms with E-state index in [1.54, 1.807) is 0 Å². The minimum atomic E-state index is -0.830. The van der Waals surface area contributed by atoms with Gasteiger partial charge in [-0.2, -0.15) is 0 Å². The fourth-order valence-electron chi connectivity index (χ4n) is 2.64. The van der Waals surface area contributed by atoms with Gasteiger partial charge in [-0.15, -0.1) is 0 Å². The molecule has 5 nitrogen and oxygen atoms in total. The Kier molecular flexibility index (Phi) is 5.98. The van der Waals surface area contributed by atoms with Gasteiger partial charge in [0.1, 0.15) is 5.54 Å². The molecule has 1 aliphatic rings. The average Bonchev–Trinajstić information content (AvgIpc) is 2.67. The van der Waals surface area contributed by atoms with E-state index in [1.165, 1.54) is 0 Å². The Morgan fingerprint density at radius 1 is 1.40 bits per heavy atom. The maximum atomic E-state index is 11.5. The molecular weight excluding hydrogens is 258 g/mol. The molecule has 2 unspecified atom stereocenters. The molecule has 1 aliphatic carbocycles. The summed E-state index contributed by atoms with van der Waals surface area (Å²) >= 11 is 0. The van der Waals surface area contributed by atoms with Crippen LogP contribution in [0.25, 0.3) is 0 Å². The lowest BCUT2D eigenvalue weighted by molar-refractivity contribution is -0.145. The first-order chi connectivity index (χ1) is 9.15. The molecule has 0 aromatic heterocycles. The molecule has 2 atom stereocenters. The summed E-state index contributed by atoms with van der Waals surface area (Å²) in [6.07, 6.45) is 1.92. The highest BCUT2D eigenvalue weighted by atomic mass is 16.5. The molecule has 20 heavy (non-hydrogen) atoms. The number of carboxylic acids is 1. The van der Waals surface area contributed by atoms with Gasteiger partial charge in [0.15, 0.2) is 0 Å². The topological polar surface area (TPSA) is 67.8 Å². The van der Waals surface area contributed by atoms with Crippen LogP contribution < -0.4 is 5.32 Å². The number of carboxylic acid groups (broad SMARTS) is 1. The van der Waals surface area contributed by atoms with Crippen molar-refractivity contribution < 1.29 is 19.4 Å². The van der Waals surface area contributed by atoms with Crippen molar-refractivity contribution in [3.8, 4) is 0 Å². The second kappa shape index (κ2) is 6.87. The summed E-state index contributed by atoms with van der Waals surface area (Å²) in [5.41, 5.74) is -0.993. The van der Waals surface area contributed by atoms with Crippen LogP contribution in [0.3, 0.4) is 0 Å². The van der Waals surface area contributed by atoms with E-state index in [9.17, 15) is 9.90 Å². The lowest BCUT2D eigenvalue weighted by Gasteiger charge is -2.28. The molecule has 0 radical (unpaired) electrons. The molecule has 0 amide bonds. The van der Waals surface area contributed by atoms with Gasteiger partial charge in [0.25, 0.3) is 0 Å². The highest BCUT2D eigenvalue weighted by Gasteiger charge is 2.46. The Morgan fingerprint density at radius 2 is 2.05 bits per heavy atom. The van der Waals surface area contributed by atoms with E-state index < -0.39 is 11.5 Å². The zero-order chi connectivity index (χ0) is 15.4. The van der Waals surface area contributed by atoms with Crippen molar-refractivity contribution >= 4 is 5.97 Å². The number of nitrogens with one attached hydrogen (secondary N) is 1. The summed E-state index contributed by atoms with van der Waals surface area (Å²) in [5, 5.41) is 12.7. The van der Waals surface area contributed by atoms with Crippen LogP contribution in [0.1, 0.15) is 53.9 Å². The van der Waals surface area contributed by atoms with Crippen LogP contribution in [-0.4, -0.2) is 47.6 Å². The van der Waals surface area contributed by atoms with Crippen LogP contribution in [0.5, 0.6) is 0 Å². The molecule has 1 fully saturated rings. The summed E-state index contributed by atoms with van der Waals surface area (Å²) in [4.78, 5) is 11.5. The summed E-state index contributed by atoms with van der Waals surface area (Å²) in [6.45, 7) is 11.0. The summed E-state index contributed by atoms with van der Waals surface area (Å²) in [6, 6.07) is 0.147. The minimum Gasteiger partial charge on any atom is -0.480 e. The average molecular weight is 287 g/mol. The third-order valence-electron chi connectivity index (χ3n) is 3.42. The summed E-state index contributed by atoms with van der Waals surface area (Å²) in [5.74, 6) is -0.775. The van der Waals surface area contributed by atoms with E-state index in [0.29, 0.717) is 26.1 Å². The number of aliphatic carboxylic acids is 1. The molecule has 0 heterocycles. The molecule has 0 aromatic carbocycles. The second-order valence-electron chi connectivity index (χ2n) is 6.88. The van der Waals surface area contributed by atoms with Crippen LogP contribution in [0.4, 0.5) is 0 Å². The molecule has 118 valence electrons. The van der Waals surface area contributed by atoms with Gasteiger partial charge in [0.2, 0.25) is 0 Å². The van der Waals surface area contributed by atoms with Crippen LogP contribution in [0.15, 0.2) is 0 Å². The summed E-state index contributed by atoms with van der Waals surface area (Å²) < 4.78 is 11.4. The van der Waals surface area contributed by atoms with Gasteiger partial charge in [-0.05, 0) is 47.5 Å². The van der Waals surface area contributed by atoms with Gasteiger partial charge in [-0.3, -0.25) is 10.1 Å². The van der Waals surface area contributed by atoms with Gasteiger partial charge in [-0.1, -0.05) is 0 Å². The SMILES string of the molecule is CC(C)NC1(C(=O)O)CCC(OCCOC(C)(C)C)C1. The predicted octanol–water partition coefficient (Wildman–Crippen LogP) is 2.19. The maximum absolute atomic E-state index is 11.5. The molecule has 0 bridgehead atoms. The Balaban J connectivity index is 2.39. The Morgan fingerprint density at radius 3 is 2.55 bits per heavy atom. The Hall–Kier alpha value is -0.650. The largest absolute Gasteiger partial charge is 0.480 e. The van der Waals surface area contributed by atoms with E-state index in [1.807, 2.05) is 34.6 Å². The van der Waals surface area contributed by atoms with Crippen LogP contribution in [-0.2, 0) is 14.3 Å². The minimum absolute atomic E-state index is 0.000850. The van der Waals surface area contributed by atoms with Crippen molar-refractivity contribution in [2.75, 3.05) is 13.2 Å². The highest BCUT2D eigenvalue weighted by Crippen LogP contribution is 2.32. The smallest absolute Gasteiger partial charge is 0.324 e. The zero-order valence-corrected chi connectivity index (χ0v) is 13.4. The Labute approximate surface area is 122 Å². The zero-order valence-electron chi connectivity index (χ0n) is 13.4. The first-order valence-electron chi connectivity index (χ1n) is 7.41. The first kappa shape index (κ1) is 17.4. The predicted molar refractivity (Wildman–Crippen MR) is 77.9 cm³/mol. The molecular formula is C15H29NO4. The van der Waals surface area contributed by atoms with Crippen LogP contribution in [0, 0.1) is 0 Å². The highest BCUT2D eigenvalue weighted by molar-refractivity contribution is 5.79. The van der Waals surface area contributed by atoms with Crippen LogP contribution in [0.2, 0.25) is 0 Å². The third-order valence-corrected chi connectivity index (χ3v) is 3.42. The standard InChI is InChI=1S/C15H29NO4/c1-11(2)16-15(13(17)18)7-6-12(10-15)19-8-9-20-14(3,4)5/h11-12,16H,6-10H2,1-5H3,(H,17,18). The number of hydrogen-bond acceptors (Lipinski definition) is 4. The van der Waals surface area contributed by atoms with Gasteiger partial charge < -0.3 is 14.6 Å². The summed E-state index contributed by atoms with van der Waals surface area (Å²) in [7, 11) is 0. The number of rotatable bonds is 7. The molecule has 1 rings (SSSR count). The van der Waals surface area contributed by atoms with Crippen molar-refractivity contribution in [3.05, 3.63) is 0 Å². The van der Waals surface area contributed by atoms with E-state index >= 15 is 0 Å². The fourth-order valence-corrected chi connectivity index (χ4v) is 2.64. The van der Waals surface area contributed by atoms with E-state index in [-0.39, 0.29) is 17.7 Å². The monoisotopic (exact) mass is 287 g/mol. The molecule has 0 saturated heterocycles. The van der Waals surface area contributed by atoms with Gasteiger partial charge in [0, 0.05) is 12.5 Å². The first-order valence-corrected chi connectivity index (χ1v) is 7.41. The molecule has 5 heteroatoms. The molecule has 0 aromatic rings. The normalized spacial score (nSPS) is 27.2. The second-order valence-corrected chi connectivity index (χ2v) is 6.88. The number of ether oxygens (including phenoxy) is 2. The van der Waals surface area contributed by atoms with E-state index in [2.05, 4.69) is 5.32 Å². The van der Waals surface area contributed by atoms with Gasteiger partial charge in [0.05, 0.1) is 24.9 Å². The van der Waals surface area contributed by atoms with Crippen LogP contribution >= 0.6 is 0 Å². The molecule has 0 spiro atoms. The van der Waals surface area contributed by atoms with Crippen molar-refractivity contribution in [1.29, 1.82) is 0 Å². The van der Waals surface area contributed by atoms with Crippen molar-refractivity contribution in [2.24, 2.45) is 0 Å². The van der Waals surface area contributed by atoms with Crippen molar-refractivity contribution in [2.45, 2.75) is 77.2 Å². The lowest BCUT2D eigenvalue weighted by Crippen LogP contribution is -2.53. The quantitative estimate of drug-likeness (QED) is 0.703.